The Balaban J connectivity index is 1.61. The highest BCUT2D eigenvalue weighted by Crippen LogP contribution is 2.15. The van der Waals surface area contributed by atoms with Gasteiger partial charge in [0.15, 0.2) is 0 Å². The Labute approximate surface area is 137 Å². The molecule has 0 bridgehead atoms. The van der Waals surface area contributed by atoms with E-state index >= 15 is 0 Å². The van der Waals surface area contributed by atoms with Crippen molar-refractivity contribution in [1.82, 2.24) is 15.3 Å². The van der Waals surface area contributed by atoms with Gasteiger partial charge < -0.3 is 10.1 Å². The molecule has 2 aromatic rings. The number of nitrogens with zero attached hydrogens (tertiary/aromatic N) is 2. The van der Waals surface area contributed by atoms with Crippen LogP contribution in [-0.2, 0) is 15.5 Å². The van der Waals surface area contributed by atoms with Crippen LogP contribution in [-0.4, -0.2) is 39.8 Å². The maximum absolute atomic E-state index is 11.3. The van der Waals surface area contributed by atoms with Gasteiger partial charge in [-0.1, -0.05) is 18.2 Å². The van der Waals surface area contributed by atoms with Gasteiger partial charge in [0.05, 0.1) is 22.3 Å². The fraction of sp³-hybridized carbons (Fsp3) is 0.250. The molecule has 2 heterocycles. The van der Waals surface area contributed by atoms with Gasteiger partial charge in [0, 0.05) is 30.9 Å². The van der Waals surface area contributed by atoms with E-state index < -0.39 is 10.8 Å². The quantitative estimate of drug-likeness (QED) is 0.872. The van der Waals surface area contributed by atoms with Crippen molar-refractivity contribution in [3.63, 3.8) is 0 Å². The lowest BCUT2D eigenvalue weighted by molar-refractivity contribution is 0.138. The molecule has 0 spiro atoms. The molecule has 7 heteroatoms. The Bertz CT molecular complexity index is 695. The van der Waals surface area contributed by atoms with Crippen molar-refractivity contribution in [3.05, 3.63) is 48.3 Å². The van der Waals surface area contributed by atoms with E-state index in [1.165, 1.54) is 0 Å². The number of anilines is 2. The zero-order valence-corrected chi connectivity index (χ0v) is 13.5. The monoisotopic (exact) mass is 330 g/mol. The van der Waals surface area contributed by atoms with E-state index in [1.54, 1.807) is 18.6 Å². The standard InChI is InChI=1S/C16H18N4O2S/c1-23(21)14-10-18-16(19-11-14)20-13-5-2-12(3-6-13)4-7-15-17-8-9-22-15/h2-7,10-11,15,17H,8-9H2,1H3,(H,18,19,20). The van der Waals surface area contributed by atoms with Crippen LogP contribution in [0.2, 0.25) is 0 Å². The topological polar surface area (TPSA) is 76.1 Å². The number of hydrogen-bond donors (Lipinski definition) is 2. The number of rotatable bonds is 5. The molecule has 1 fully saturated rings. The van der Waals surface area contributed by atoms with E-state index in [9.17, 15) is 4.21 Å². The molecule has 1 aliphatic heterocycles. The molecular weight excluding hydrogens is 312 g/mol. The lowest BCUT2D eigenvalue weighted by Gasteiger charge is -2.06. The molecule has 0 aliphatic carbocycles. The van der Waals surface area contributed by atoms with Crippen molar-refractivity contribution in [2.45, 2.75) is 11.1 Å². The van der Waals surface area contributed by atoms with E-state index in [0.717, 1.165) is 24.4 Å². The fourth-order valence-electron chi connectivity index (χ4n) is 2.10. The van der Waals surface area contributed by atoms with E-state index in [1.807, 2.05) is 36.4 Å². The summed E-state index contributed by atoms with van der Waals surface area (Å²) >= 11 is 0. The van der Waals surface area contributed by atoms with Crippen LogP contribution in [0.5, 0.6) is 0 Å². The highest BCUT2D eigenvalue weighted by Gasteiger charge is 2.09. The summed E-state index contributed by atoms with van der Waals surface area (Å²) in [6, 6.07) is 7.92. The zero-order valence-electron chi connectivity index (χ0n) is 12.7. The molecule has 1 saturated heterocycles. The molecule has 2 atom stereocenters. The third-order valence-electron chi connectivity index (χ3n) is 3.34. The minimum atomic E-state index is -1.07. The Kier molecular flexibility index (Phi) is 5.12. The minimum absolute atomic E-state index is 0.00355. The zero-order chi connectivity index (χ0) is 16.1. The summed E-state index contributed by atoms with van der Waals surface area (Å²) in [7, 11) is -1.07. The molecule has 120 valence electrons. The normalized spacial score (nSPS) is 19.1. The Morgan fingerprint density at radius 1 is 1.30 bits per heavy atom. The smallest absolute Gasteiger partial charge is 0.227 e. The van der Waals surface area contributed by atoms with Gasteiger partial charge in [0.2, 0.25) is 5.95 Å². The number of ether oxygens (including phenoxy) is 1. The van der Waals surface area contributed by atoms with Crippen molar-refractivity contribution < 1.29 is 8.95 Å². The molecule has 23 heavy (non-hydrogen) atoms. The van der Waals surface area contributed by atoms with Gasteiger partial charge in [-0.15, -0.1) is 0 Å². The summed E-state index contributed by atoms with van der Waals surface area (Å²) in [5.41, 5.74) is 1.98. The summed E-state index contributed by atoms with van der Waals surface area (Å²) < 4.78 is 16.8. The van der Waals surface area contributed by atoms with Crippen LogP contribution in [0.15, 0.2) is 47.6 Å². The molecule has 1 aromatic heterocycles. The Morgan fingerprint density at radius 2 is 2.04 bits per heavy atom. The first-order valence-corrected chi connectivity index (χ1v) is 8.82. The molecule has 1 aromatic carbocycles. The SMILES string of the molecule is CS(=O)c1cnc(Nc2ccc(C=CC3NCCO3)cc2)nc1. The van der Waals surface area contributed by atoms with Gasteiger partial charge in [0.1, 0.15) is 6.23 Å². The average Bonchev–Trinajstić information content (AvgIpc) is 3.08. The summed E-state index contributed by atoms with van der Waals surface area (Å²) in [5.74, 6) is 0.478. The van der Waals surface area contributed by atoms with Crippen LogP contribution in [0.4, 0.5) is 11.6 Å². The second-order valence-corrected chi connectivity index (χ2v) is 6.43. The lowest BCUT2D eigenvalue weighted by atomic mass is 10.2. The van der Waals surface area contributed by atoms with Crippen molar-refractivity contribution >= 4 is 28.5 Å². The van der Waals surface area contributed by atoms with Gasteiger partial charge >= 0.3 is 0 Å². The van der Waals surface area contributed by atoms with Gasteiger partial charge in [-0.3, -0.25) is 9.53 Å². The molecule has 3 rings (SSSR count). The van der Waals surface area contributed by atoms with E-state index in [0.29, 0.717) is 10.8 Å². The van der Waals surface area contributed by atoms with Crippen molar-refractivity contribution in [2.75, 3.05) is 24.7 Å². The maximum atomic E-state index is 11.3. The van der Waals surface area contributed by atoms with Crippen LogP contribution < -0.4 is 10.6 Å². The van der Waals surface area contributed by atoms with Crippen molar-refractivity contribution in [3.8, 4) is 0 Å². The summed E-state index contributed by atoms with van der Waals surface area (Å²) in [6.07, 6.45) is 8.76. The third kappa shape index (κ3) is 4.44. The predicted octanol–water partition coefficient (Wildman–Crippen LogP) is 1.92. The first-order chi connectivity index (χ1) is 11.2. The summed E-state index contributed by atoms with van der Waals surface area (Å²) in [5, 5.41) is 6.34. The average molecular weight is 330 g/mol. The Hall–Kier alpha value is -2.09. The van der Waals surface area contributed by atoms with Crippen LogP contribution in [0.1, 0.15) is 5.56 Å². The summed E-state index contributed by atoms with van der Waals surface area (Å²) in [4.78, 5) is 8.91. The van der Waals surface area contributed by atoms with E-state index in [2.05, 4.69) is 20.6 Å². The molecule has 0 saturated carbocycles. The van der Waals surface area contributed by atoms with Crippen LogP contribution in [0, 0.1) is 0 Å². The largest absolute Gasteiger partial charge is 0.358 e. The van der Waals surface area contributed by atoms with E-state index in [4.69, 9.17) is 4.74 Å². The van der Waals surface area contributed by atoms with Crippen LogP contribution >= 0.6 is 0 Å². The Morgan fingerprint density at radius 3 is 2.65 bits per heavy atom. The first kappa shape index (κ1) is 15.8. The minimum Gasteiger partial charge on any atom is -0.358 e. The lowest BCUT2D eigenvalue weighted by Crippen LogP contribution is -2.19. The maximum Gasteiger partial charge on any atom is 0.227 e. The number of nitrogens with one attached hydrogen (secondary N) is 2. The van der Waals surface area contributed by atoms with Gasteiger partial charge in [0.25, 0.3) is 0 Å². The van der Waals surface area contributed by atoms with Gasteiger partial charge in [-0.25, -0.2) is 9.97 Å². The molecule has 2 N–H and O–H groups in total. The molecule has 1 aliphatic rings. The van der Waals surface area contributed by atoms with Crippen LogP contribution in [0.3, 0.4) is 0 Å². The van der Waals surface area contributed by atoms with Gasteiger partial charge in [-0.05, 0) is 23.8 Å². The van der Waals surface area contributed by atoms with E-state index in [-0.39, 0.29) is 6.23 Å². The summed E-state index contributed by atoms with van der Waals surface area (Å²) in [6.45, 7) is 1.64. The first-order valence-electron chi connectivity index (χ1n) is 7.26. The highest BCUT2D eigenvalue weighted by atomic mass is 32.2. The predicted molar refractivity (Wildman–Crippen MR) is 90.9 cm³/mol. The molecule has 2 unspecified atom stereocenters. The second kappa shape index (κ2) is 7.45. The van der Waals surface area contributed by atoms with Crippen LogP contribution in [0.25, 0.3) is 6.08 Å². The molecular formula is C16H18N4O2S. The molecule has 0 radical (unpaired) electrons. The second-order valence-electron chi connectivity index (χ2n) is 5.05. The number of benzene rings is 1. The fourth-order valence-corrected chi connectivity index (χ4v) is 2.51. The number of aromatic nitrogens is 2. The number of hydrogen-bond acceptors (Lipinski definition) is 6. The third-order valence-corrected chi connectivity index (χ3v) is 4.21. The molecule has 0 amide bonds. The van der Waals surface area contributed by atoms with Gasteiger partial charge in [-0.2, -0.15) is 0 Å². The highest BCUT2D eigenvalue weighted by molar-refractivity contribution is 7.84. The van der Waals surface area contributed by atoms with Crippen molar-refractivity contribution in [2.24, 2.45) is 0 Å². The molecule has 6 nitrogen and oxygen atoms in total. The van der Waals surface area contributed by atoms with Crippen molar-refractivity contribution in [1.29, 1.82) is 0 Å².